The number of aliphatic carboxylic acids is 1. The number of likely N-dealkylation sites (tertiary alicyclic amines) is 1. The maximum absolute atomic E-state index is 12.7. The Morgan fingerprint density at radius 1 is 1.19 bits per heavy atom. The first-order valence-corrected chi connectivity index (χ1v) is 10.3. The molecule has 2 aliphatic rings. The van der Waals surface area contributed by atoms with Gasteiger partial charge in [-0.05, 0) is 37.1 Å². The zero-order valence-corrected chi connectivity index (χ0v) is 17.6. The molecule has 1 fully saturated rings. The Kier molecular flexibility index (Phi) is 6.11. The van der Waals surface area contributed by atoms with Gasteiger partial charge in [-0.3, -0.25) is 14.4 Å². The minimum absolute atomic E-state index is 0.172. The highest BCUT2D eigenvalue weighted by Crippen LogP contribution is 2.35. The summed E-state index contributed by atoms with van der Waals surface area (Å²) in [4.78, 5) is 37.7. The van der Waals surface area contributed by atoms with Gasteiger partial charge in [0.05, 0.1) is 18.6 Å². The van der Waals surface area contributed by atoms with Gasteiger partial charge >= 0.3 is 5.97 Å². The number of carbonyl (C=O) groups is 3. The summed E-state index contributed by atoms with van der Waals surface area (Å²) in [5.41, 5.74) is 1.14. The first kappa shape index (κ1) is 21.4. The lowest BCUT2D eigenvalue weighted by Gasteiger charge is -2.30. The van der Waals surface area contributed by atoms with Crippen molar-refractivity contribution in [1.82, 2.24) is 4.90 Å². The number of rotatable bonds is 6. The summed E-state index contributed by atoms with van der Waals surface area (Å²) >= 11 is 0. The molecule has 0 atom stereocenters. The molecule has 0 aromatic heterocycles. The number of hydrogen-bond donors (Lipinski definition) is 1. The van der Waals surface area contributed by atoms with Crippen LogP contribution in [0.2, 0.25) is 0 Å². The highest BCUT2D eigenvalue weighted by molar-refractivity contribution is 6.14. The Labute approximate surface area is 185 Å². The number of hydrogen-bond acceptors (Lipinski definition) is 6. The highest BCUT2D eigenvalue weighted by Gasteiger charge is 2.29. The number of allylic oxidation sites excluding steroid dienone is 1. The van der Waals surface area contributed by atoms with Crippen LogP contribution in [0.15, 0.2) is 48.2 Å². The highest BCUT2D eigenvalue weighted by atomic mass is 16.5. The van der Waals surface area contributed by atoms with Crippen molar-refractivity contribution < 1.29 is 33.7 Å². The lowest BCUT2D eigenvalue weighted by molar-refractivity contribution is -0.146. The lowest BCUT2D eigenvalue weighted by Crippen LogP contribution is -2.42. The number of carboxylic acid groups (broad SMARTS) is 1. The van der Waals surface area contributed by atoms with Gasteiger partial charge in [0.2, 0.25) is 5.78 Å². The van der Waals surface area contributed by atoms with Gasteiger partial charge in [0.25, 0.3) is 5.91 Å². The lowest BCUT2D eigenvalue weighted by atomic mass is 9.97. The van der Waals surface area contributed by atoms with E-state index >= 15 is 0 Å². The quantitative estimate of drug-likeness (QED) is 0.693. The van der Waals surface area contributed by atoms with Crippen molar-refractivity contribution in [3.05, 3.63) is 59.4 Å². The number of ether oxygens (including phenoxy) is 3. The first-order valence-electron chi connectivity index (χ1n) is 10.3. The molecule has 8 nitrogen and oxygen atoms in total. The van der Waals surface area contributed by atoms with E-state index in [1.807, 2.05) is 18.2 Å². The van der Waals surface area contributed by atoms with Gasteiger partial charge in [-0.25, -0.2) is 0 Å². The molecule has 1 N–H and O–H groups in total. The molecular weight excluding hydrogens is 414 g/mol. The largest absolute Gasteiger partial charge is 0.496 e. The fraction of sp³-hybridized carbons (Fsp3) is 0.292. The molecule has 8 heteroatoms. The van der Waals surface area contributed by atoms with Gasteiger partial charge in [0, 0.05) is 24.7 Å². The second-order valence-electron chi connectivity index (χ2n) is 7.62. The molecule has 1 saturated heterocycles. The summed E-state index contributed by atoms with van der Waals surface area (Å²) in [5, 5.41) is 9.06. The Morgan fingerprint density at radius 2 is 1.94 bits per heavy atom. The van der Waals surface area contributed by atoms with Crippen LogP contribution < -0.4 is 14.2 Å². The van der Waals surface area contributed by atoms with Crippen LogP contribution in [0.4, 0.5) is 0 Å². The van der Waals surface area contributed by atoms with Gasteiger partial charge in [-0.15, -0.1) is 0 Å². The molecule has 0 bridgehead atoms. The molecule has 1 amide bonds. The van der Waals surface area contributed by atoms with Gasteiger partial charge in [-0.2, -0.15) is 0 Å². The minimum Gasteiger partial charge on any atom is -0.496 e. The number of piperidine rings is 1. The number of ketones is 1. The number of carbonyl (C=O) groups excluding carboxylic acids is 2. The predicted molar refractivity (Wildman–Crippen MR) is 115 cm³/mol. The molecule has 2 aromatic rings. The third kappa shape index (κ3) is 4.44. The van der Waals surface area contributed by atoms with Gasteiger partial charge in [-0.1, -0.05) is 18.2 Å². The number of benzene rings is 2. The summed E-state index contributed by atoms with van der Waals surface area (Å²) in [5.74, 6) is -0.0869. The van der Waals surface area contributed by atoms with Gasteiger partial charge in [0.15, 0.2) is 12.4 Å². The maximum atomic E-state index is 12.7. The second kappa shape index (κ2) is 9.13. The number of amides is 1. The molecule has 166 valence electrons. The molecule has 4 rings (SSSR count). The number of para-hydroxylation sites is 1. The van der Waals surface area contributed by atoms with Crippen LogP contribution in [-0.4, -0.2) is 54.5 Å². The van der Waals surface area contributed by atoms with Crippen molar-refractivity contribution in [2.45, 2.75) is 12.8 Å². The number of methoxy groups -OCH3 is 1. The van der Waals surface area contributed by atoms with Crippen LogP contribution >= 0.6 is 0 Å². The molecule has 2 aliphatic heterocycles. The number of fused-ring (bicyclic) bond motifs is 1. The monoisotopic (exact) mass is 437 g/mol. The Morgan fingerprint density at radius 3 is 2.66 bits per heavy atom. The van der Waals surface area contributed by atoms with Crippen LogP contribution in [0.25, 0.3) is 6.08 Å². The maximum Gasteiger partial charge on any atom is 0.306 e. The van der Waals surface area contributed by atoms with E-state index in [1.165, 1.54) is 0 Å². The van der Waals surface area contributed by atoms with Crippen molar-refractivity contribution in [3.8, 4) is 17.2 Å². The zero-order valence-electron chi connectivity index (χ0n) is 17.6. The molecule has 2 aromatic carbocycles. The third-order valence-electron chi connectivity index (χ3n) is 5.63. The minimum atomic E-state index is -0.819. The average molecular weight is 437 g/mol. The van der Waals surface area contributed by atoms with E-state index in [0.29, 0.717) is 48.7 Å². The standard InChI is InChI=1S/C24H23NO7/c1-30-19-5-3-2-4-16(19)12-21-23(27)18-7-6-17(13-20(18)32-21)31-14-22(26)25-10-8-15(9-11-25)24(28)29/h2-7,12-13,15H,8-11,14H2,1H3,(H,28,29). The van der Waals surface area contributed by atoms with E-state index in [-0.39, 0.29) is 24.1 Å². The summed E-state index contributed by atoms with van der Waals surface area (Å²) < 4.78 is 16.7. The number of Topliss-reactive ketones (excluding diaryl/α,β-unsaturated/α-hetero) is 1. The SMILES string of the molecule is COc1ccccc1C=C1Oc2cc(OCC(=O)N3CCC(C(=O)O)CC3)ccc2C1=O. The topological polar surface area (TPSA) is 102 Å². The fourth-order valence-corrected chi connectivity index (χ4v) is 3.80. The van der Waals surface area contributed by atoms with E-state index in [9.17, 15) is 14.4 Å². The van der Waals surface area contributed by atoms with Crippen LogP contribution in [-0.2, 0) is 9.59 Å². The van der Waals surface area contributed by atoms with E-state index in [4.69, 9.17) is 19.3 Å². The van der Waals surface area contributed by atoms with Crippen LogP contribution in [0.1, 0.15) is 28.8 Å². The van der Waals surface area contributed by atoms with Gasteiger partial charge < -0.3 is 24.2 Å². The number of nitrogens with zero attached hydrogens (tertiary/aromatic N) is 1. The molecule has 0 radical (unpaired) electrons. The second-order valence-corrected chi connectivity index (χ2v) is 7.62. The summed E-state index contributed by atoms with van der Waals surface area (Å²) in [6.45, 7) is 0.629. The Hall–Kier alpha value is -3.81. The molecule has 0 aliphatic carbocycles. The van der Waals surface area contributed by atoms with Crippen molar-refractivity contribution in [2.24, 2.45) is 5.92 Å². The summed E-state index contributed by atoms with van der Waals surface area (Å²) in [7, 11) is 1.56. The summed E-state index contributed by atoms with van der Waals surface area (Å²) in [6.07, 6.45) is 2.51. The Bertz CT molecular complexity index is 1080. The molecular formula is C24H23NO7. The normalized spacial score (nSPS) is 17.1. The molecule has 0 spiro atoms. The smallest absolute Gasteiger partial charge is 0.306 e. The molecule has 0 unspecified atom stereocenters. The molecule has 32 heavy (non-hydrogen) atoms. The molecule has 2 heterocycles. The van der Waals surface area contributed by atoms with E-state index in [0.717, 1.165) is 5.56 Å². The van der Waals surface area contributed by atoms with Crippen LogP contribution in [0.5, 0.6) is 17.2 Å². The van der Waals surface area contributed by atoms with E-state index in [2.05, 4.69) is 0 Å². The van der Waals surface area contributed by atoms with Crippen molar-refractivity contribution >= 4 is 23.7 Å². The van der Waals surface area contributed by atoms with Crippen LogP contribution in [0, 0.1) is 5.92 Å². The van der Waals surface area contributed by atoms with Crippen LogP contribution in [0.3, 0.4) is 0 Å². The Balaban J connectivity index is 1.39. The van der Waals surface area contributed by atoms with E-state index in [1.54, 1.807) is 42.4 Å². The zero-order chi connectivity index (χ0) is 22.7. The van der Waals surface area contributed by atoms with E-state index < -0.39 is 11.9 Å². The van der Waals surface area contributed by atoms with Gasteiger partial charge in [0.1, 0.15) is 17.2 Å². The predicted octanol–water partition coefficient (Wildman–Crippen LogP) is 3.01. The van der Waals surface area contributed by atoms with Crippen molar-refractivity contribution in [3.63, 3.8) is 0 Å². The first-order chi connectivity index (χ1) is 15.5. The average Bonchev–Trinajstić information content (AvgIpc) is 3.12. The number of carboxylic acids is 1. The third-order valence-corrected chi connectivity index (χ3v) is 5.63. The summed E-state index contributed by atoms with van der Waals surface area (Å²) in [6, 6.07) is 12.1. The van der Waals surface area contributed by atoms with Crippen molar-refractivity contribution in [2.75, 3.05) is 26.8 Å². The van der Waals surface area contributed by atoms with Crippen molar-refractivity contribution in [1.29, 1.82) is 0 Å². The fourth-order valence-electron chi connectivity index (χ4n) is 3.80. The molecule has 0 saturated carbocycles.